The third-order valence-electron chi connectivity index (χ3n) is 1.10. The van der Waals surface area contributed by atoms with Crippen molar-refractivity contribution in [2.75, 3.05) is 0 Å². The van der Waals surface area contributed by atoms with E-state index >= 15 is 0 Å². The van der Waals surface area contributed by atoms with Crippen molar-refractivity contribution in [2.45, 2.75) is 13.8 Å². The largest absolute Gasteiger partial charge is 0.0996 e. The highest BCUT2D eigenvalue weighted by atomic mass is 32.2. The van der Waals surface area contributed by atoms with Crippen LogP contribution in [0, 0.1) is 0 Å². The van der Waals surface area contributed by atoms with Crippen LogP contribution >= 0.6 is 11.8 Å². The van der Waals surface area contributed by atoms with Crippen LogP contribution in [0.3, 0.4) is 0 Å². The van der Waals surface area contributed by atoms with Crippen molar-refractivity contribution in [2.24, 2.45) is 0 Å². The fourth-order valence-corrected chi connectivity index (χ4v) is 1.81. The first-order valence-corrected chi connectivity index (χ1v) is 3.73. The van der Waals surface area contributed by atoms with Gasteiger partial charge < -0.3 is 0 Å². The molecule has 1 rings (SSSR count). The Bertz CT molecular complexity index is 177. The van der Waals surface area contributed by atoms with Crippen LogP contribution < -0.4 is 0 Å². The number of allylic oxidation sites excluding steroid dienone is 5. The summed E-state index contributed by atoms with van der Waals surface area (Å²) >= 11 is 1.81. The number of hydrogen-bond donors (Lipinski definition) is 0. The minimum atomic E-state index is 1.11. The maximum absolute atomic E-state index is 3.85. The molecule has 0 N–H and O–H groups in total. The molecule has 1 heteroatoms. The molecule has 9 heavy (non-hydrogen) atoms. The lowest BCUT2D eigenvalue weighted by molar-refractivity contribution is 1.54. The van der Waals surface area contributed by atoms with Crippen LogP contribution in [0.1, 0.15) is 13.8 Å². The average Bonchev–Trinajstić information content (AvgIpc) is 1.59. The van der Waals surface area contributed by atoms with E-state index in [0.29, 0.717) is 0 Å². The summed E-state index contributed by atoms with van der Waals surface area (Å²) in [6, 6.07) is 0. The minimum absolute atomic E-state index is 1.11. The van der Waals surface area contributed by atoms with Crippen molar-refractivity contribution in [3.63, 3.8) is 0 Å². The van der Waals surface area contributed by atoms with E-state index in [1.165, 1.54) is 9.81 Å². The predicted octanol–water partition coefficient (Wildman–Crippen LogP) is 3.10. The summed E-state index contributed by atoms with van der Waals surface area (Å²) in [5, 5.41) is 0. The van der Waals surface area contributed by atoms with Crippen molar-refractivity contribution in [1.29, 1.82) is 0 Å². The highest BCUT2D eigenvalue weighted by molar-refractivity contribution is 8.06. The summed E-state index contributed by atoms with van der Waals surface area (Å²) in [7, 11) is 0. The van der Waals surface area contributed by atoms with Gasteiger partial charge in [0.15, 0.2) is 0 Å². The summed E-state index contributed by atoms with van der Waals surface area (Å²) in [4.78, 5) is 2.67. The Kier molecular flexibility index (Phi) is 1.81. The van der Waals surface area contributed by atoms with Gasteiger partial charge in [0.25, 0.3) is 0 Å². The fourth-order valence-electron chi connectivity index (χ4n) is 0.877. The van der Waals surface area contributed by atoms with Crippen molar-refractivity contribution >= 4 is 11.8 Å². The molecule has 0 aromatic rings. The summed E-state index contributed by atoms with van der Waals surface area (Å²) in [6.07, 6.45) is 4.19. The van der Waals surface area contributed by atoms with Gasteiger partial charge in [-0.05, 0) is 41.4 Å². The van der Waals surface area contributed by atoms with E-state index in [-0.39, 0.29) is 0 Å². The highest BCUT2D eigenvalue weighted by Crippen LogP contribution is 2.30. The predicted molar refractivity (Wildman–Crippen MR) is 44.2 cm³/mol. The lowest BCUT2D eigenvalue weighted by atomic mass is 10.2. The third-order valence-corrected chi connectivity index (χ3v) is 1.98. The van der Waals surface area contributed by atoms with E-state index in [0.717, 1.165) is 5.57 Å². The van der Waals surface area contributed by atoms with Gasteiger partial charge in [-0.1, -0.05) is 18.3 Å². The Balaban J connectivity index is 2.81. The van der Waals surface area contributed by atoms with Crippen LogP contribution in [0.15, 0.2) is 34.1 Å². The van der Waals surface area contributed by atoms with Crippen molar-refractivity contribution < 1.29 is 0 Å². The molecule has 0 aliphatic carbocycles. The Hall–Kier alpha value is -0.430. The molecule has 0 spiro atoms. The first-order chi connectivity index (χ1) is 4.18. The van der Waals surface area contributed by atoms with Gasteiger partial charge in [-0.25, -0.2) is 0 Å². The van der Waals surface area contributed by atoms with Crippen LogP contribution in [0.25, 0.3) is 0 Å². The Labute approximate surface area is 60.3 Å². The first kappa shape index (κ1) is 6.69. The number of rotatable bonds is 0. The zero-order chi connectivity index (χ0) is 6.85. The standard InChI is InChI=1S/C8H10S/c1-6-4-7(2)9-8(3)5-6/h4-5H,1H2,2-3H3. The number of hydrogen-bond acceptors (Lipinski definition) is 1. The quantitative estimate of drug-likeness (QED) is 0.495. The molecule has 0 nitrogen and oxygen atoms in total. The molecule has 0 bridgehead atoms. The molecule has 0 saturated heterocycles. The van der Waals surface area contributed by atoms with Crippen LogP contribution in [0.4, 0.5) is 0 Å². The lowest BCUT2D eigenvalue weighted by Gasteiger charge is -2.07. The van der Waals surface area contributed by atoms with E-state index in [2.05, 4.69) is 32.6 Å². The van der Waals surface area contributed by atoms with Crippen molar-refractivity contribution in [1.82, 2.24) is 0 Å². The van der Waals surface area contributed by atoms with E-state index in [1.807, 2.05) is 0 Å². The summed E-state index contributed by atoms with van der Waals surface area (Å²) in [5.74, 6) is 0. The van der Waals surface area contributed by atoms with Gasteiger partial charge in [0, 0.05) is 0 Å². The molecular weight excluding hydrogens is 128 g/mol. The second-order valence-electron chi connectivity index (χ2n) is 2.19. The maximum Gasteiger partial charge on any atom is -0.0131 e. The topological polar surface area (TPSA) is 0 Å². The number of thioether (sulfide) groups is 1. The summed E-state index contributed by atoms with van der Waals surface area (Å²) in [5.41, 5.74) is 1.11. The van der Waals surface area contributed by atoms with Crippen molar-refractivity contribution in [3.8, 4) is 0 Å². The fraction of sp³-hybridized carbons (Fsp3) is 0.250. The summed E-state index contributed by atoms with van der Waals surface area (Å²) in [6.45, 7) is 8.06. The Morgan fingerprint density at radius 3 is 2.00 bits per heavy atom. The smallest absolute Gasteiger partial charge is 0.0131 e. The lowest BCUT2D eigenvalue weighted by Crippen LogP contribution is -1.80. The van der Waals surface area contributed by atoms with Crippen LogP contribution in [0.2, 0.25) is 0 Å². The molecule has 0 aromatic heterocycles. The molecule has 0 aromatic carbocycles. The molecule has 0 radical (unpaired) electrons. The molecule has 48 valence electrons. The molecule has 0 unspecified atom stereocenters. The normalized spacial score (nSPS) is 19.1. The molecular formula is C8H10S. The van der Waals surface area contributed by atoms with Crippen LogP contribution in [0.5, 0.6) is 0 Å². The molecule has 1 heterocycles. The van der Waals surface area contributed by atoms with E-state index in [9.17, 15) is 0 Å². The molecule has 0 amide bonds. The van der Waals surface area contributed by atoms with Gasteiger partial charge in [-0.3, -0.25) is 0 Å². The van der Waals surface area contributed by atoms with E-state index in [4.69, 9.17) is 0 Å². The van der Waals surface area contributed by atoms with E-state index in [1.54, 1.807) is 11.8 Å². The van der Waals surface area contributed by atoms with Gasteiger partial charge in [0.05, 0.1) is 0 Å². The van der Waals surface area contributed by atoms with Gasteiger partial charge in [0.2, 0.25) is 0 Å². The Morgan fingerprint density at radius 2 is 1.67 bits per heavy atom. The zero-order valence-electron chi connectivity index (χ0n) is 5.77. The van der Waals surface area contributed by atoms with Crippen molar-refractivity contribution in [3.05, 3.63) is 34.1 Å². The molecule has 0 fully saturated rings. The zero-order valence-corrected chi connectivity index (χ0v) is 6.59. The maximum atomic E-state index is 3.85. The second-order valence-corrected chi connectivity index (χ2v) is 3.68. The second kappa shape index (κ2) is 2.44. The van der Waals surface area contributed by atoms with E-state index < -0.39 is 0 Å². The van der Waals surface area contributed by atoms with Gasteiger partial charge in [-0.2, -0.15) is 0 Å². The molecule has 1 aliphatic rings. The monoisotopic (exact) mass is 138 g/mol. The van der Waals surface area contributed by atoms with Crippen LogP contribution in [-0.4, -0.2) is 0 Å². The van der Waals surface area contributed by atoms with Gasteiger partial charge >= 0.3 is 0 Å². The van der Waals surface area contributed by atoms with Gasteiger partial charge in [0.1, 0.15) is 0 Å². The van der Waals surface area contributed by atoms with Gasteiger partial charge in [-0.15, -0.1) is 0 Å². The average molecular weight is 138 g/mol. The minimum Gasteiger partial charge on any atom is -0.0996 e. The summed E-state index contributed by atoms with van der Waals surface area (Å²) < 4.78 is 0. The SMILES string of the molecule is C=C1C=C(C)SC(C)=C1. The molecule has 0 atom stereocenters. The molecule has 0 saturated carbocycles. The Morgan fingerprint density at radius 1 is 1.22 bits per heavy atom. The molecule has 1 aliphatic heterocycles. The highest BCUT2D eigenvalue weighted by Gasteiger charge is 1.99. The first-order valence-electron chi connectivity index (χ1n) is 2.92. The third kappa shape index (κ3) is 1.75. The van der Waals surface area contributed by atoms with Crippen LogP contribution in [-0.2, 0) is 0 Å².